The summed E-state index contributed by atoms with van der Waals surface area (Å²) in [6.45, 7) is 0. The highest BCUT2D eigenvalue weighted by Gasteiger charge is 1.95. The van der Waals surface area contributed by atoms with Crippen molar-refractivity contribution in [3.8, 4) is 0 Å². The number of nitrogens with two attached hydrogens (primary N) is 2. The number of pyridine rings is 1. The van der Waals surface area contributed by atoms with Gasteiger partial charge in [-0.25, -0.2) is 0 Å². The van der Waals surface area contributed by atoms with Gasteiger partial charge in [0.05, 0.1) is 0 Å². The van der Waals surface area contributed by atoms with E-state index in [1.54, 1.807) is 0 Å². The van der Waals surface area contributed by atoms with Crippen molar-refractivity contribution in [3.05, 3.63) is 30.5 Å². The average Bonchev–Trinajstić information content (AvgIpc) is 2.32. The third kappa shape index (κ3) is 0.816. The standard InChI is InChI=1S/C8H9N3/c9-6-3-4-11-7(5-6)1-2-8(11)10/h1-5H,9-10H2. The molecule has 3 nitrogen and oxygen atoms in total. The summed E-state index contributed by atoms with van der Waals surface area (Å²) in [6.07, 6.45) is 1.86. The van der Waals surface area contributed by atoms with E-state index in [9.17, 15) is 0 Å². The van der Waals surface area contributed by atoms with E-state index in [4.69, 9.17) is 11.5 Å². The first-order valence-corrected chi connectivity index (χ1v) is 3.39. The Labute approximate surface area is 64.2 Å². The van der Waals surface area contributed by atoms with Crippen molar-refractivity contribution in [1.82, 2.24) is 4.40 Å². The highest BCUT2D eigenvalue weighted by atomic mass is 15.0. The Morgan fingerprint density at radius 3 is 2.73 bits per heavy atom. The van der Waals surface area contributed by atoms with Gasteiger partial charge in [-0.1, -0.05) is 0 Å². The number of hydrogen-bond acceptors (Lipinski definition) is 2. The molecule has 2 aromatic rings. The Hall–Kier alpha value is -1.64. The Kier molecular flexibility index (Phi) is 1.06. The number of rotatable bonds is 0. The van der Waals surface area contributed by atoms with Crippen molar-refractivity contribution in [2.75, 3.05) is 11.5 Å². The number of anilines is 2. The molecule has 0 bridgehead atoms. The highest BCUT2D eigenvalue weighted by Crippen LogP contribution is 2.14. The van der Waals surface area contributed by atoms with Gasteiger partial charge in [-0.15, -0.1) is 0 Å². The largest absolute Gasteiger partial charge is 0.399 e. The maximum Gasteiger partial charge on any atom is 0.107 e. The van der Waals surface area contributed by atoms with Gasteiger partial charge < -0.3 is 15.9 Å². The fourth-order valence-electron chi connectivity index (χ4n) is 1.15. The number of aromatic nitrogens is 1. The lowest BCUT2D eigenvalue weighted by Gasteiger charge is -1.97. The molecule has 4 N–H and O–H groups in total. The van der Waals surface area contributed by atoms with Crippen LogP contribution >= 0.6 is 0 Å². The molecule has 0 aliphatic heterocycles. The molecule has 2 aromatic heterocycles. The number of hydrogen-bond donors (Lipinski definition) is 2. The van der Waals surface area contributed by atoms with Crippen LogP contribution in [0.4, 0.5) is 11.5 Å². The van der Waals surface area contributed by atoms with Gasteiger partial charge in [0.15, 0.2) is 0 Å². The minimum absolute atomic E-state index is 0.736. The topological polar surface area (TPSA) is 56.5 Å². The van der Waals surface area contributed by atoms with Gasteiger partial charge in [-0.2, -0.15) is 0 Å². The summed E-state index contributed by atoms with van der Waals surface area (Å²) in [4.78, 5) is 0. The molecular weight excluding hydrogens is 138 g/mol. The van der Waals surface area contributed by atoms with Gasteiger partial charge in [-0.3, -0.25) is 0 Å². The average molecular weight is 147 g/mol. The molecule has 2 heterocycles. The van der Waals surface area contributed by atoms with Crippen LogP contribution in [-0.4, -0.2) is 4.40 Å². The fourth-order valence-corrected chi connectivity index (χ4v) is 1.15. The van der Waals surface area contributed by atoms with Crippen LogP contribution in [0.2, 0.25) is 0 Å². The van der Waals surface area contributed by atoms with Gasteiger partial charge in [0.1, 0.15) is 5.82 Å². The van der Waals surface area contributed by atoms with E-state index < -0.39 is 0 Å². The molecule has 2 rings (SSSR count). The summed E-state index contributed by atoms with van der Waals surface area (Å²) in [5.74, 6) is 0.736. The second-order valence-electron chi connectivity index (χ2n) is 2.51. The molecule has 56 valence electrons. The van der Waals surface area contributed by atoms with Gasteiger partial charge in [0, 0.05) is 17.4 Å². The molecule has 0 amide bonds. The van der Waals surface area contributed by atoms with Crippen molar-refractivity contribution in [1.29, 1.82) is 0 Å². The Morgan fingerprint density at radius 1 is 1.09 bits per heavy atom. The maximum absolute atomic E-state index is 5.65. The molecule has 0 aliphatic carbocycles. The van der Waals surface area contributed by atoms with Crippen LogP contribution in [0, 0.1) is 0 Å². The summed E-state index contributed by atoms with van der Waals surface area (Å²) in [7, 11) is 0. The van der Waals surface area contributed by atoms with Crippen LogP contribution in [0.5, 0.6) is 0 Å². The zero-order valence-corrected chi connectivity index (χ0v) is 5.99. The summed E-state index contributed by atoms with van der Waals surface area (Å²) < 4.78 is 1.89. The van der Waals surface area contributed by atoms with Crippen molar-refractivity contribution in [2.45, 2.75) is 0 Å². The summed E-state index contributed by atoms with van der Waals surface area (Å²) in [5, 5.41) is 0. The molecule has 0 saturated carbocycles. The van der Waals surface area contributed by atoms with E-state index >= 15 is 0 Å². The summed E-state index contributed by atoms with van der Waals surface area (Å²) in [5.41, 5.74) is 13.0. The molecule has 0 radical (unpaired) electrons. The molecule has 0 spiro atoms. The number of nitrogen functional groups attached to an aromatic ring is 2. The summed E-state index contributed by atoms with van der Waals surface area (Å²) >= 11 is 0. The Bertz CT molecular complexity index is 389. The molecule has 0 atom stereocenters. The van der Waals surface area contributed by atoms with Crippen molar-refractivity contribution in [2.24, 2.45) is 0 Å². The zero-order chi connectivity index (χ0) is 7.84. The Morgan fingerprint density at radius 2 is 1.91 bits per heavy atom. The predicted molar refractivity (Wildman–Crippen MR) is 46.2 cm³/mol. The van der Waals surface area contributed by atoms with Crippen molar-refractivity contribution < 1.29 is 0 Å². The smallest absolute Gasteiger partial charge is 0.107 e. The zero-order valence-electron chi connectivity index (χ0n) is 5.99. The molecule has 0 aromatic carbocycles. The minimum atomic E-state index is 0.736. The lowest BCUT2D eigenvalue weighted by Crippen LogP contribution is -1.92. The maximum atomic E-state index is 5.65. The van der Waals surface area contributed by atoms with E-state index in [1.165, 1.54) is 0 Å². The van der Waals surface area contributed by atoms with E-state index in [0.717, 1.165) is 17.0 Å². The van der Waals surface area contributed by atoms with Crippen LogP contribution in [0.15, 0.2) is 30.5 Å². The van der Waals surface area contributed by atoms with E-state index in [-0.39, 0.29) is 0 Å². The second-order valence-corrected chi connectivity index (χ2v) is 2.51. The quantitative estimate of drug-likeness (QED) is 0.586. The van der Waals surface area contributed by atoms with Gasteiger partial charge >= 0.3 is 0 Å². The van der Waals surface area contributed by atoms with Crippen LogP contribution < -0.4 is 11.5 Å². The minimum Gasteiger partial charge on any atom is -0.399 e. The SMILES string of the molecule is Nc1ccn2c(N)ccc2c1. The summed E-state index contributed by atoms with van der Waals surface area (Å²) in [6, 6.07) is 7.50. The van der Waals surface area contributed by atoms with Gasteiger partial charge in [0.25, 0.3) is 0 Å². The third-order valence-electron chi connectivity index (χ3n) is 1.71. The van der Waals surface area contributed by atoms with E-state index in [0.29, 0.717) is 0 Å². The van der Waals surface area contributed by atoms with Gasteiger partial charge in [0.2, 0.25) is 0 Å². The molecule has 11 heavy (non-hydrogen) atoms. The monoisotopic (exact) mass is 147 g/mol. The number of nitrogens with zero attached hydrogens (tertiary/aromatic N) is 1. The number of fused-ring (bicyclic) bond motifs is 1. The van der Waals surface area contributed by atoms with Crippen LogP contribution in [0.25, 0.3) is 5.52 Å². The molecule has 0 unspecified atom stereocenters. The van der Waals surface area contributed by atoms with Crippen LogP contribution in [-0.2, 0) is 0 Å². The molecule has 0 aliphatic rings. The lowest BCUT2D eigenvalue weighted by atomic mass is 10.4. The van der Waals surface area contributed by atoms with E-state index in [1.807, 2.05) is 34.9 Å². The van der Waals surface area contributed by atoms with Gasteiger partial charge in [-0.05, 0) is 24.3 Å². The fraction of sp³-hybridized carbons (Fsp3) is 0. The molecule has 0 saturated heterocycles. The molecular formula is C8H9N3. The Balaban J connectivity index is 2.86. The van der Waals surface area contributed by atoms with Crippen molar-refractivity contribution >= 4 is 17.0 Å². The predicted octanol–water partition coefficient (Wildman–Crippen LogP) is 1.10. The molecule has 3 heteroatoms. The first-order valence-electron chi connectivity index (χ1n) is 3.39. The third-order valence-corrected chi connectivity index (χ3v) is 1.71. The van der Waals surface area contributed by atoms with Crippen molar-refractivity contribution in [3.63, 3.8) is 0 Å². The normalized spacial score (nSPS) is 10.5. The highest BCUT2D eigenvalue weighted by molar-refractivity contribution is 5.61. The molecule has 0 fully saturated rings. The second kappa shape index (κ2) is 1.92. The van der Waals surface area contributed by atoms with Crippen LogP contribution in [0.1, 0.15) is 0 Å². The first-order chi connectivity index (χ1) is 5.27. The van der Waals surface area contributed by atoms with E-state index in [2.05, 4.69) is 0 Å². The lowest BCUT2D eigenvalue weighted by molar-refractivity contribution is 1.21. The first kappa shape index (κ1) is 6.09. The van der Waals surface area contributed by atoms with Crippen LogP contribution in [0.3, 0.4) is 0 Å².